The molecule has 0 aliphatic carbocycles. The summed E-state index contributed by atoms with van der Waals surface area (Å²) in [7, 11) is 4.12. The van der Waals surface area contributed by atoms with Gasteiger partial charge in [-0.2, -0.15) is 0 Å². The Morgan fingerprint density at radius 1 is 1.06 bits per heavy atom. The number of piperazine rings is 1. The molecule has 0 aromatic heterocycles. The Morgan fingerprint density at radius 2 is 1.67 bits per heavy atom. The van der Waals surface area contributed by atoms with Crippen molar-refractivity contribution < 1.29 is 5.11 Å². The molecule has 1 saturated heterocycles. The average molecular weight is 249 g/mol. The van der Waals surface area contributed by atoms with E-state index in [1.807, 2.05) is 0 Å². The highest BCUT2D eigenvalue weighted by atomic mass is 16.3. The fourth-order valence-electron chi connectivity index (χ4n) is 2.33. The molecule has 1 fully saturated rings. The van der Waals surface area contributed by atoms with Crippen LogP contribution in [0.15, 0.2) is 24.3 Å². The molecule has 1 N–H and O–H groups in total. The lowest BCUT2D eigenvalue weighted by Crippen LogP contribution is -2.47. The summed E-state index contributed by atoms with van der Waals surface area (Å²) in [4.78, 5) is 6.83. The summed E-state index contributed by atoms with van der Waals surface area (Å²) in [5.74, 6) is 0. The number of aliphatic hydroxyl groups excluding tert-OH is 1. The Morgan fingerprint density at radius 3 is 2.17 bits per heavy atom. The number of rotatable bonds is 4. The minimum atomic E-state index is 0.261. The normalized spacial score (nSPS) is 16.9. The van der Waals surface area contributed by atoms with Crippen molar-refractivity contribution in [3.05, 3.63) is 24.3 Å². The van der Waals surface area contributed by atoms with Crippen LogP contribution in [0.4, 0.5) is 11.4 Å². The standard InChI is InChI=1S/C14H23N3O/c1-15(2)13-3-5-14(6-4-13)17-9-7-16(8-10-17)11-12-18/h3-6,18H,7-12H2,1-2H3. The lowest BCUT2D eigenvalue weighted by molar-refractivity contribution is 0.189. The van der Waals surface area contributed by atoms with Crippen molar-refractivity contribution in [2.45, 2.75) is 0 Å². The van der Waals surface area contributed by atoms with E-state index in [0.717, 1.165) is 32.7 Å². The number of benzene rings is 1. The molecule has 100 valence electrons. The zero-order valence-corrected chi connectivity index (χ0v) is 11.3. The third-order valence-corrected chi connectivity index (χ3v) is 3.52. The number of β-amino-alcohol motifs (C(OH)–C–C–N with tert-alkyl or cyclic N) is 1. The SMILES string of the molecule is CN(C)c1ccc(N2CCN(CCO)CC2)cc1. The fourth-order valence-corrected chi connectivity index (χ4v) is 2.33. The third kappa shape index (κ3) is 3.15. The van der Waals surface area contributed by atoms with E-state index >= 15 is 0 Å². The molecule has 1 aromatic carbocycles. The fraction of sp³-hybridized carbons (Fsp3) is 0.571. The van der Waals surface area contributed by atoms with E-state index in [4.69, 9.17) is 5.11 Å². The number of nitrogens with zero attached hydrogens (tertiary/aromatic N) is 3. The molecule has 18 heavy (non-hydrogen) atoms. The van der Waals surface area contributed by atoms with Crippen molar-refractivity contribution in [2.24, 2.45) is 0 Å². The van der Waals surface area contributed by atoms with Crippen LogP contribution in [0.5, 0.6) is 0 Å². The van der Waals surface area contributed by atoms with Gasteiger partial charge in [0.05, 0.1) is 6.61 Å². The van der Waals surface area contributed by atoms with Crippen LogP contribution >= 0.6 is 0 Å². The zero-order chi connectivity index (χ0) is 13.0. The van der Waals surface area contributed by atoms with Crippen LogP contribution < -0.4 is 9.80 Å². The van der Waals surface area contributed by atoms with Crippen LogP contribution in [-0.4, -0.2) is 63.4 Å². The minimum Gasteiger partial charge on any atom is -0.395 e. The Hall–Kier alpha value is -1.26. The minimum absolute atomic E-state index is 0.261. The molecule has 1 aliphatic rings. The molecule has 0 spiro atoms. The second kappa shape index (κ2) is 6.07. The van der Waals surface area contributed by atoms with E-state index in [9.17, 15) is 0 Å². The van der Waals surface area contributed by atoms with Crippen LogP contribution in [0.1, 0.15) is 0 Å². The van der Waals surface area contributed by atoms with Gasteiger partial charge in [-0.05, 0) is 24.3 Å². The molecular weight excluding hydrogens is 226 g/mol. The summed E-state index contributed by atoms with van der Waals surface area (Å²) in [5, 5.41) is 8.92. The second-order valence-corrected chi connectivity index (χ2v) is 4.96. The summed E-state index contributed by atoms with van der Waals surface area (Å²) in [6.45, 7) is 5.22. The molecule has 0 atom stereocenters. The maximum Gasteiger partial charge on any atom is 0.0558 e. The first-order valence-electron chi connectivity index (χ1n) is 6.56. The number of anilines is 2. The van der Waals surface area contributed by atoms with Gasteiger partial charge in [0, 0.05) is 58.2 Å². The quantitative estimate of drug-likeness (QED) is 0.857. The number of hydrogen-bond acceptors (Lipinski definition) is 4. The van der Waals surface area contributed by atoms with E-state index in [1.54, 1.807) is 0 Å². The molecule has 0 amide bonds. The molecule has 0 saturated carbocycles. The molecule has 1 heterocycles. The van der Waals surface area contributed by atoms with Gasteiger partial charge in [0.25, 0.3) is 0 Å². The molecule has 0 radical (unpaired) electrons. The van der Waals surface area contributed by atoms with Gasteiger partial charge in [-0.25, -0.2) is 0 Å². The number of hydrogen-bond donors (Lipinski definition) is 1. The van der Waals surface area contributed by atoms with Gasteiger partial charge < -0.3 is 14.9 Å². The van der Waals surface area contributed by atoms with Crippen molar-refractivity contribution in [2.75, 3.05) is 63.2 Å². The van der Waals surface area contributed by atoms with Crippen LogP contribution in [-0.2, 0) is 0 Å². The van der Waals surface area contributed by atoms with Crippen molar-refractivity contribution in [1.82, 2.24) is 4.90 Å². The summed E-state index contributed by atoms with van der Waals surface area (Å²) in [6, 6.07) is 8.71. The van der Waals surface area contributed by atoms with Gasteiger partial charge in [-0.1, -0.05) is 0 Å². The van der Waals surface area contributed by atoms with E-state index < -0.39 is 0 Å². The summed E-state index contributed by atoms with van der Waals surface area (Å²) >= 11 is 0. The molecule has 4 heteroatoms. The van der Waals surface area contributed by atoms with Gasteiger partial charge >= 0.3 is 0 Å². The highest BCUT2D eigenvalue weighted by molar-refractivity contribution is 5.56. The van der Waals surface area contributed by atoms with Crippen molar-refractivity contribution in [3.8, 4) is 0 Å². The Labute approximate surface area is 109 Å². The smallest absolute Gasteiger partial charge is 0.0558 e. The molecule has 0 bridgehead atoms. The van der Waals surface area contributed by atoms with Crippen LogP contribution in [0, 0.1) is 0 Å². The van der Waals surface area contributed by atoms with Crippen LogP contribution in [0.3, 0.4) is 0 Å². The van der Waals surface area contributed by atoms with Crippen molar-refractivity contribution in [1.29, 1.82) is 0 Å². The predicted molar refractivity (Wildman–Crippen MR) is 76.5 cm³/mol. The topological polar surface area (TPSA) is 30.0 Å². The molecule has 1 aliphatic heterocycles. The van der Waals surface area contributed by atoms with Crippen LogP contribution in [0.2, 0.25) is 0 Å². The van der Waals surface area contributed by atoms with Gasteiger partial charge in [0.15, 0.2) is 0 Å². The lowest BCUT2D eigenvalue weighted by atomic mass is 10.2. The first kappa shape index (κ1) is 13.2. The van der Waals surface area contributed by atoms with Gasteiger partial charge in [-0.15, -0.1) is 0 Å². The summed E-state index contributed by atoms with van der Waals surface area (Å²) < 4.78 is 0. The zero-order valence-electron chi connectivity index (χ0n) is 11.3. The Balaban J connectivity index is 1.93. The highest BCUT2D eigenvalue weighted by Gasteiger charge is 2.16. The van der Waals surface area contributed by atoms with E-state index in [1.165, 1.54) is 11.4 Å². The van der Waals surface area contributed by atoms with E-state index in [-0.39, 0.29) is 6.61 Å². The Bertz CT molecular complexity index is 356. The number of aliphatic hydroxyl groups is 1. The largest absolute Gasteiger partial charge is 0.395 e. The maximum atomic E-state index is 8.92. The average Bonchev–Trinajstić information content (AvgIpc) is 2.40. The maximum absolute atomic E-state index is 8.92. The molecule has 0 unspecified atom stereocenters. The highest BCUT2D eigenvalue weighted by Crippen LogP contribution is 2.20. The Kier molecular flexibility index (Phi) is 4.44. The van der Waals surface area contributed by atoms with Crippen molar-refractivity contribution in [3.63, 3.8) is 0 Å². The van der Waals surface area contributed by atoms with Gasteiger partial charge in [-0.3, -0.25) is 4.90 Å². The first-order valence-corrected chi connectivity index (χ1v) is 6.56. The van der Waals surface area contributed by atoms with E-state index in [2.05, 4.69) is 53.1 Å². The van der Waals surface area contributed by atoms with Gasteiger partial charge in [0.1, 0.15) is 0 Å². The molecule has 1 aromatic rings. The van der Waals surface area contributed by atoms with E-state index in [0.29, 0.717) is 0 Å². The monoisotopic (exact) mass is 249 g/mol. The molecule has 2 rings (SSSR count). The predicted octanol–water partition coefficient (Wildman–Crippen LogP) is 0.867. The molecule has 4 nitrogen and oxygen atoms in total. The van der Waals surface area contributed by atoms with Crippen molar-refractivity contribution >= 4 is 11.4 Å². The van der Waals surface area contributed by atoms with Gasteiger partial charge in [0.2, 0.25) is 0 Å². The second-order valence-electron chi connectivity index (χ2n) is 4.96. The van der Waals surface area contributed by atoms with Crippen LogP contribution in [0.25, 0.3) is 0 Å². The summed E-state index contributed by atoms with van der Waals surface area (Å²) in [5.41, 5.74) is 2.53. The third-order valence-electron chi connectivity index (χ3n) is 3.52. The summed E-state index contributed by atoms with van der Waals surface area (Å²) in [6.07, 6.45) is 0. The molecular formula is C14H23N3O. The lowest BCUT2D eigenvalue weighted by Gasteiger charge is -2.35. The first-order chi connectivity index (χ1) is 8.70.